The van der Waals surface area contributed by atoms with Crippen LogP contribution in [0.3, 0.4) is 0 Å². The van der Waals surface area contributed by atoms with Gasteiger partial charge in [-0.3, -0.25) is 10.1 Å². The first kappa shape index (κ1) is 14.1. The van der Waals surface area contributed by atoms with Crippen molar-refractivity contribution < 1.29 is 9.53 Å². The average molecular weight is 286 g/mol. The summed E-state index contributed by atoms with van der Waals surface area (Å²) in [5.41, 5.74) is 3.65. The van der Waals surface area contributed by atoms with Crippen LogP contribution in [0.4, 0.5) is 0 Å². The van der Waals surface area contributed by atoms with Crippen molar-refractivity contribution in [1.82, 2.24) is 10.3 Å². The fourth-order valence-corrected chi connectivity index (χ4v) is 3.24. The van der Waals surface area contributed by atoms with Gasteiger partial charge in [-0.05, 0) is 25.0 Å². The molecule has 0 bridgehead atoms. The number of aromatic amines is 1. The molecular weight excluding hydrogens is 264 g/mol. The molecule has 2 N–H and O–H groups in total. The second kappa shape index (κ2) is 5.90. The molecule has 21 heavy (non-hydrogen) atoms. The van der Waals surface area contributed by atoms with Crippen LogP contribution < -0.4 is 5.32 Å². The third-order valence-electron chi connectivity index (χ3n) is 4.15. The van der Waals surface area contributed by atoms with Crippen molar-refractivity contribution in [2.24, 2.45) is 0 Å². The minimum absolute atomic E-state index is 0.144. The van der Waals surface area contributed by atoms with Gasteiger partial charge in [-0.15, -0.1) is 0 Å². The third-order valence-corrected chi connectivity index (χ3v) is 4.15. The lowest BCUT2D eigenvalue weighted by Gasteiger charge is -2.30. The number of hydrogen-bond donors (Lipinski definition) is 2. The third kappa shape index (κ3) is 2.56. The molecule has 0 spiro atoms. The number of para-hydroxylation sites is 1. The summed E-state index contributed by atoms with van der Waals surface area (Å²) in [4.78, 5) is 15.6. The summed E-state index contributed by atoms with van der Waals surface area (Å²) in [6.45, 7) is 4.44. The lowest BCUT2D eigenvalue weighted by molar-refractivity contribution is -0.146. The molecule has 2 atom stereocenters. The SMILES string of the molecule is CCCC1NC(C(=O)OCC)Cc2c1[nH]c1ccccc21. The fraction of sp³-hybridized carbons (Fsp3) is 0.471. The van der Waals surface area contributed by atoms with E-state index in [4.69, 9.17) is 4.74 Å². The number of benzene rings is 1. The van der Waals surface area contributed by atoms with Crippen LogP contribution in [0, 0.1) is 0 Å². The molecule has 112 valence electrons. The van der Waals surface area contributed by atoms with Gasteiger partial charge in [-0.25, -0.2) is 0 Å². The largest absolute Gasteiger partial charge is 0.465 e. The molecular formula is C17H22N2O2. The predicted octanol–water partition coefficient (Wildman–Crippen LogP) is 3.09. The first-order valence-corrected chi connectivity index (χ1v) is 7.76. The van der Waals surface area contributed by atoms with Gasteiger partial charge in [0, 0.05) is 29.1 Å². The van der Waals surface area contributed by atoms with E-state index in [1.807, 2.05) is 19.1 Å². The molecule has 0 radical (unpaired) electrons. The maximum absolute atomic E-state index is 12.1. The Bertz CT molecular complexity index is 647. The van der Waals surface area contributed by atoms with Crippen molar-refractivity contribution in [2.75, 3.05) is 6.61 Å². The Hall–Kier alpha value is -1.81. The highest BCUT2D eigenvalue weighted by atomic mass is 16.5. The van der Waals surface area contributed by atoms with Gasteiger partial charge >= 0.3 is 5.97 Å². The molecule has 0 saturated carbocycles. The second-order valence-corrected chi connectivity index (χ2v) is 5.58. The van der Waals surface area contributed by atoms with Crippen LogP contribution >= 0.6 is 0 Å². The van der Waals surface area contributed by atoms with Crippen molar-refractivity contribution >= 4 is 16.9 Å². The molecule has 1 aliphatic heterocycles. The monoisotopic (exact) mass is 286 g/mol. The Morgan fingerprint density at radius 1 is 1.33 bits per heavy atom. The Morgan fingerprint density at radius 3 is 2.90 bits per heavy atom. The van der Waals surface area contributed by atoms with Crippen LogP contribution in [0.5, 0.6) is 0 Å². The van der Waals surface area contributed by atoms with Crippen LogP contribution in [0.15, 0.2) is 24.3 Å². The molecule has 1 aromatic carbocycles. The number of nitrogens with one attached hydrogen (secondary N) is 2. The number of esters is 1. The Kier molecular flexibility index (Phi) is 3.97. The number of fused-ring (bicyclic) bond motifs is 3. The van der Waals surface area contributed by atoms with E-state index in [-0.39, 0.29) is 18.1 Å². The van der Waals surface area contributed by atoms with Gasteiger partial charge in [0.05, 0.1) is 6.61 Å². The van der Waals surface area contributed by atoms with Gasteiger partial charge in [0.15, 0.2) is 0 Å². The van der Waals surface area contributed by atoms with E-state index in [1.54, 1.807) is 0 Å². The summed E-state index contributed by atoms with van der Waals surface area (Å²) >= 11 is 0. The first-order valence-electron chi connectivity index (χ1n) is 7.76. The minimum atomic E-state index is -0.242. The summed E-state index contributed by atoms with van der Waals surface area (Å²) in [5, 5.41) is 4.68. The number of aromatic nitrogens is 1. The van der Waals surface area contributed by atoms with Crippen LogP contribution in [0.25, 0.3) is 10.9 Å². The molecule has 4 heteroatoms. The Labute approximate surface area is 124 Å². The van der Waals surface area contributed by atoms with Gasteiger partial charge < -0.3 is 9.72 Å². The molecule has 3 rings (SSSR count). The van der Waals surface area contributed by atoms with E-state index in [0.29, 0.717) is 13.0 Å². The highest BCUT2D eigenvalue weighted by molar-refractivity contribution is 5.87. The molecule has 2 heterocycles. The fourth-order valence-electron chi connectivity index (χ4n) is 3.24. The summed E-state index contributed by atoms with van der Waals surface area (Å²) in [6.07, 6.45) is 2.77. The highest BCUT2D eigenvalue weighted by Gasteiger charge is 2.33. The average Bonchev–Trinajstić information content (AvgIpc) is 2.87. The van der Waals surface area contributed by atoms with Gasteiger partial charge in [0.1, 0.15) is 6.04 Å². The number of H-pyrrole nitrogens is 1. The van der Waals surface area contributed by atoms with E-state index in [2.05, 4.69) is 29.4 Å². The topological polar surface area (TPSA) is 54.1 Å². The summed E-state index contributed by atoms with van der Waals surface area (Å²) < 4.78 is 5.20. The van der Waals surface area contributed by atoms with Crippen molar-refractivity contribution in [3.63, 3.8) is 0 Å². The quantitative estimate of drug-likeness (QED) is 0.849. The zero-order chi connectivity index (χ0) is 14.8. The van der Waals surface area contributed by atoms with Crippen LogP contribution in [0.1, 0.15) is 44.0 Å². The second-order valence-electron chi connectivity index (χ2n) is 5.58. The van der Waals surface area contributed by atoms with Crippen LogP contribution in [0.2, 0.25) is 0 Å². The van der Waals surface area contributed by atoms with Gasteiger partial charge in [-0.2, -0.15) is 0 Å². The minimum Gasteiger partial charge on any atom is -0.465 e. The number of rotatable bonds is 4. The standard InChI is InChI=1S/C17H22N2O2/c1-3-7-14-16-12(10-15(18-14)17(20)21-4-2)11-8-5-6-9-13(11)19-16/h5-6,8-9,14-15,18-19H,3-4,7,10H2,1-2H3. The van der Waals surface area contributed by atoms with Crippen molar-refractivity contribution in [2.45, 2.75) is 45.2 Å². The summed E-state index contributed by atoms with van der Waals surface area (Å²) in [5.74, 6) is -0.144. The van der Waals surface area contributed by atoms with Crippen molar-refractivity contribution in [3.8, 4) is 0 Å². The van der Waals surface area contributed by atoms with E-state index >= 15 is 0 Å². The van der Waals surface area contributed by atoms with Gasteiger partial charge in [0.25, 0.3) is 0 Å². The van der Waals surface area contributed by atoms with E-state index < -0.39 is 0 Å². The zero-order valence-electron chi connectivity index (χ0n) is 12.6. The molecule has 0 saturated heterocycles. The molecule has 1 aromatic heterocycles. The Morgan fingerprint density at radius 2 is 2.14 bits per heavy atom. The predicted molar refractivity (Wildman–Crippen MR) is 83.2 cm³/mol. The molecule has 1 aliphatic rings. The van der Waals surface area contributed by atoms with Crippen LogP contribution in [-0.4, -0.2) is 23.6 Å². The van der Waals surface area contributed by atoms with E-state index in [0.717, 1.165) is 18.4 Å². The molecule has 2 aromatic rings. The van der Waals surface area contributed by atoms with Crippen molar-refractivity contribution in [3.05, 3.63) is 35.5 Å². The van der Waals surface area contributed by atoms with Crippen LogP contribution in [-0.2, 0) is 16.0 Å². The lowest BCUT2D eigenvalue weighted by Crippen LogP contribution is -2.45. The van der Waals surface area contributed by atoms with Crippen molar-refractivity contribution in [1.29, 1.82) is 0 Å². The number of hydrogen-bond acceptors (Lipinski definition) is 3. The number of carbonyl (C=O) groups is 1. The lowest BCUT2D eigenvalue weighted by atomic mass is 9.92. The zero-order valence-corrected chi connectivity index (χ0v) is 12.6. The molecule has 4 nitrogen and oxygen atoms in total. The van der Waals surface area contributed by atoms with Gasteiger partial charge in [-0.1, -0.05) is 31.5 Å². The summed E-state index contributed by atoms with van der Waals surface area (Å²) in [6, 6.07) is 8.26. The highest BCUT2D eigenvalue weighted by Crippen LogP contribution is 2.33. The molecule has 0 amide bonds. The number of ether oxygens (including phenoxy) is 1. The smallest absolute Gasteiger partial charge is 0.323 e. The normalized spacial score (nSPS) is 21.2. The molecule has 0 fully saturated rings. The first-order chi connectivity index (χ1) is 10.2. The Balaban J connectivity index is 2.00. The molecule has 2 unspecified atom stereocenters. The maximum atomic E-state index is 12.1. The van der Waals surface area contributed by atoms with E-state index in [9.17, 15) is 4.79 Å². The number of carbonyl (C=O) groups excluding carboxylic acids is 1. The maximum Gasteiger partial charge on any atom is 0.323 e. The van der Waals surface area contributed by atoms with Gasteiger partial charge in [0.2, 0.25) is 0 Å². The van der Waals surface area contributed by atoms with E-state index in [1.165, 1.54) is 16.6 Å². The summed E-state index contributed by atoms with van der Waals surface area (Å²) in [7, 11) is 0. The molecule has 0 aliphatic carbocycles.